The standard InChI is InChI=1S/C14H19ClN2O4S/c1-22(19,20)17-7-3-6-16(8-9-17)14(18)11-21-13-5-2-4-12(15)10-13/h2,4-5,10H,3,6-9,11H2,1H3. The molecule has 1 fully saturated rings. The summed E-state index contributed by atoms with van der Waals surface area (Å²) in [5.41, 5.74) is 0. The number of hydrogen-bond acceptors (Lipinski definition) is 4. The Hall–Kier alpha value is -1.31. The highest BCUT2D eigenvalue weighted by molar-refractivity contribution is 7.88. The van der Waals surface area contributed by atoms with Crippen molar-refractivity contribution in [2.24, 2.45) is 0 Å². The van der Waals surface area contributed by atoms with Gasteiger partial charge in [0.2, 0.25) is 10.0 Å². The Kier molecular flexibility index (Phi) is 5.66. The fraction of sp³-hybridized carbons (Fsp3) is 0.500. The van der Waals surface area contributed by atoms with Gasteiger partial charge < -0.3 is 9.64 Å². The van der Waals surface area contributed by atoms with Crippen LogP contribution >= 0.6 is 11.6 Å². The number of amides is 1. The van der Waals surface area contributed by atoms with Gasteiger partial charge in [-0.25, -0.2) is 12.7 Å². The first-order valence-corrected chi connectivity index (χ1v) is 9.20. The van der Waals surface area contributed by atoms with Crippen molar-refractivity contribution in [2.45, 2.75) is 6.42 Å². The normalized spacial score (nSPS) is 17.1. The van der Waals surface area contributed by atoms with Crippen molar-refractivity contribution in [2.75, 3.05) is 39.0 Å². The molecule has 1 aromatic carbocycles. The number of ether oxygens (including phenoxy) is 1. The summed E-state index contributed by atoms with van der Waals surface area (Å²) in [7, 11) is -3.21. The van der Waals surface area contributed by atoms with E-state index in [4.69, 9.17) is 16.3 Å². The summed E-state index contributed by atoms with van der Waals surface area (Å²) in [5, 5.41) is 0.545. The highest BCUT2D eigenvalue weighted by Crippen LogP contribution is 2.17. The fourth-order valence-electron chi connectivity index (χ4n) is 2.27. The second-order valence-electron chi connectivity index (χ2n) is 5.14. The molecule has 0 bridgehead atoms. The van der Waals surface area contributed by atoms with Crippen LogP contribution < -0.4 is 4.74 Å². The zero-order valence-electron chi connectivity index (χ0n) is 12.4. The molecule has 0 N–H and O–H groups in total. The zero-order valence-corrected chi connectivity index (χ0v) is 13.9. The van der Waals surface area contributed by atoms with Crippen LogP contribution in [0.15, 0.2) is 24.3 Å². The van der Waals surface area contributed by atoms with Gasteiger partial charge in [0, 0.05) is 31.2 Å². The first-order chi connectivity index (χ1) is 10.4. The SMILES string of the molecule is CS(=O)(=O)N1CCCN(C(=O)COc2cccc(Cl)c2)CC1. The van der Waals surface area contributed by atoms with Gasteiger partial charge in [0.25, 0.3) is 5.91 Å². The number of nitrogens with zero attached hydrogens (tertiary/aromatic N) is 2. The van der Waals surface area contributed by atoms with Gasteiger partial charge in [0.1, 0.15) is 5.75 Å². The van der Waals surface area contributed by atoms with Gasteiger partial charge in [-0.05, 0) is 24.6 Å². The van der Waals surface area contributed by atoms with Crippen LogP contribution in [0, 0.1) is 0 Å². The smallest absolute Gasteiger partial charge is 0.260 e. The number of halogens is 1. The number of benzene rings is 1. The van der Waals surface area contributed by atoms with E-state index < -0.39 is 10.0 Å². The van der Waals surface area contributed by atoms with E-state index in [2.05, 4.69) is 0 Å². The van der Waals surface area contributed by atoms with Crippen LogP contribution in [0.4, 0.5) is 0 Å². The molecule has 1 aromatic rings. The van der Waals surface area contributed by atoms with Crippen molar-refractivity contribution in [3.63, 3.8) is 0 Å². The average molecular weight is 347 g/mol. The molecule has 0 saturated carbocycles. The topological polar surface area (TPSA) is 66.9 Å². The van der Waals surface area contributed by atoms with Crippen LogP contribution in [-0.4, -0.2) is 62.6 Å². The summed E-state index contributed by atoms with van der Waals surface area (Å²) < 4.78 is 29.9. The van der Waals surface area contributed by atoms with E-state index in [-0.39, 0.29) is 12.5 Å². The molecule has 1 amide bonds. The van der Waals surface area contributed by atoms with Gasteiger partial charge in [0.05, 0.1) is 6.26 Å². The third-order valence-corrected chi connectivity index (χ3v) is 4.97. The Labute approximate surface area is 135 Å². The Morgan fingerprint density at radius 3 is 2.73 bits per heavy atom. The molecule has 0 atom stereocenters. The predicted octanol–water partition coefficient (Wildman–Crippen LogP) is 1.21. The third kappa shape index (κ3) is 4.86. The molecule has 0 radical (unpaired) electrons. The summed E-state index contributed by atoms with van der Waals surface area (Å²) >= 11 is 5.85. The van der Waals surface area contributed by atoms with E-state index in [0.29, 0.717) is 43.4 Å². The lowest BCUT2D eigenvalue weighted by Gasteiger charge is -2.21. The molecule has 0 aliphatic carbocycles. The van der Waals surface area contributed by atoms with E-state index in [1.165, 1.54) is 10.6 Å². The van der Waals surface area contributed by atoms with Crippen LogP contribution in [0.2, 0.25) is 5.02 Å². The summed E-state index contributed by atoms with van der Waals surface area (Å²) in [6.45, 7) is 1.59. The first-order valence-electron chi connectivity index (χ1n) is 6.97. The molecule has 6 nitrogen and oxygen atoms in total. The summed E-state index contributed by atoms with van der Waals surface area (Å²) in [6.07, 6.45) is 1.81. The average Bonchev–Trinajstić information content (AvgIpc) is 2.70. The Balaban J connectivity index is 1.88. The van der Waals surface area contributed by atoms with Gasteiger partial charge in [0.15, 0.2) is 6.61 Å². The van der Waals surface area contributed by atoms with Crippen molar-refractivity contribution in [3.8, 4) is 5.75 Å². The lowest BCUT2D eigenvalue weighted by Crippen LogP contribution is -2.39. The summed E-state index contributed by atoms with van der Waals surface area (Å²) in [5.74, 6) is 0.378. The number of rotatable bonds is 4. The highest BCUT2D eigenvalue weighted by atomic mass is 35.5. The molecule has 0 unspecified atom stereocenters. The maximum atomic E-state index is 12.2. The van der Waals surface area contributed by atoms with Gasteiger partial charge in [-0.2, -0.15) is 0 Å². The van der Waals surface area contributed by atoms with Crippen LogP contribution in [0.5, 0.6) is 5.75 Å². The summed E-state index contributed by atoms with van der Waals surface area (Å²) in [4.78, 5) is 13.8. The number of hydrogen-bond donors (Lipinski definition) is 0. The van der Waals surface area contributed by atoms with E-state index in [1.54, 1.807) is 29.2 Å². The number of carbonyl (C=O) groups excluding carboxylic acids is 1. The summed E-state index contributed by atoms with van der Waals surface area (Å²) in [6, 6.07) is 6.85. The van der Waals surface area contributed by atoms with E-state index in [1.807, 2.05) is 0 Å². The monoisotopic (exact) mass is 346 g/mol. The maximum Gasteiger partial charge on any atom is 0.260 e. The minimum absolute atomic E-state index is 0.0841. The lowest BCUT2D eigenvalue weighted by molar-refractivity contribution is -0.133. The van der Waals surface area contributed by atoms with E-state index >= 15 is 0 Å². The molecule has 8 heteroatoms. The van der Waals surface area contributed by atoms with E-state index in [0.717, 1.165) is 0 Å². The Bertz CT molecular complexity index is 635. The molecule has 122 valence electrons. The quantitative estimate of drug-likeness (QED) is 0.822. The highest BCUT2D eigenvalue weighted by Gasteiger charge is 2.23. The van der Waals surface area contributed by atoms with Gasteiger partial charge in [-0.15, -0.1) is 0 Å². The second-order valence-corrected chi connectivity index (χ2v) is 7.56. The molecular weight excluding hydrogens is 328 g/mol. The molecule has 0 spiro atoms. The van der Waals surface area contributed by atoms with Gasteiger partial charge in [-0.1, -0.05) is 17.7 Å². The number of sulfonamides is 1. The third-order valence-electron chi connectivity index (χ3n) is 3.43. The molecule has 22 heavy (non-hydrogen) atoms. The van der Waals surface area contributed by atoms with Crippen LogP contribution in [-0.2, 0) is 14.8 Å². The zero-order chi connectivity index (χ0) is 16.2. The molecule has 2 rings (SSSR count). The Morgan fingerprint density at radius 1 is 1.27 bits per heavy atom. The largest absolute Gasteiger partial charge is 0.484 e. The maximum absolute atomic E-state index is 12.2. The molecule has 1 aliphatic rings. The molecule has 1 aliphatic heterocycles. The fourth-order valence-corrected chi connectivity index (χ4v) is 3.32. The van der Waals surface area contributed by atoms with Crippen molar-refractivity contribution < 1.29 is 17.9 Å². The Morgan fingerprint density at radius 2 is 2.05 bits per heavy atom. The van der Waals surface area contributed by atoms with Crippen molar-refractivity contribution >= 4 is 27.5 Å². The second kappa shape index (κ2) is 7.30. The number of carbonyl (C=O) groups is 1. The lowest BCUT2D eigenvalue weighted by atomic mass is 10.3. The molecule has 1 heterocycles. The minimum atomic E-state index is -3.21. The first kappa shape index (κ1) is 17.1. The van der Waals surface area contributed by atoms with Gasteiger partial charge in [-0.3, -0.25) is 4.79 Å². The molecular formula is C14H19ClN2O4S. The van der Waals surface area contributed by atoms with Crippen LogP contribution in [0.1, 0.15) is 6.42 Å². The van der Waals surface area contributed by atoms with Gasteiger partial charge >= 0.3 is 0 Å². The van der Waals surface area contributed by atoms with Crippen LogP contribution in [0.3, 0.4) is 0 Å². The predicted molar refractivity (Wildman–Crippen MR) is 84.6 cm³/mol. The van der Waals surface area contributed by atoms with Crippen molar-refractivity contribution in [1.29, 1.82) is 0 Å². The molecule has 0 aromatic heterocycles. The minimum Gasteiger partial charge on any atom is -0.484 e. The van der Waals surface area contributed by atoms with E-state index in [9.17, 15) is 13.2 Å². The molecule has 1 saturated heterocycles. The van der Waals surface area contributed by atoms with Crippen LogP contribution in [0.25, 0.3) is 0 Å². The van der Waals surface area contributed by atoms with Crippen molar-refractivity contribution in [1.82, 2.24) is 9.21 Å². The van der Waals surface area contributed by atoms with Crippen molar-refractivity contribution in [3.05, 3.63) is 29.3 Å².